The van der Waals surface area contributed by atoms with E-state index in [1.807, 2.05) is 6.07 Å². The van der Waals surface area contributed by atoms with Gasteiger partial charge in [-0.2, -0.15) is 5.26 Å². The number of pyridine rings is 1. The van der Waals surface area contributed by atoms with Gasteiger partial charge < -0.3 is 10.5 Å². The molecule has 0 amide bonds. The minimum absolute atomic E-state index is 0.348. The van der Waals surface area contributed by atoms with Crippen LogP contribution in [0.3, 0.4) is 0 Å². The highest BCUT2D eigenvalue weighted by molar-refractivity contribution is 5.73. The molecule has 2 aromatic carbocycles. The van der Waals surface area contributed by atoms with E-state index in [1.165, 1.54) is 7.11 Å². The van der Waals surface area contributed by atoms with Crippen molar-refractivity contribution in [1.29, 1.82) is 5.26 Å². The summed E-state index contributed by atoms with van der Waals surface area (Å²) in [6, 6.07) is 15.8. The van der Waals surface area contributed by atoms with E-state index in [0.717, 1.165) is 5.56 Å². The number of nitriles is 1. The lowest BCUT2D eigenvalue weighted by Gasteiger charge is -2.14. The lowest BCUT2D eigenvalue weighted by Crippen LogP contribution is -2.00. The highest BCUT2D eigenvalue weighted by Crippen LogP contribution is 2.35. The largest absolute Gasteiger partial charge is 0.496 e. The maximum Gasteiger partial charge on any atom is 0.138 e. The minimum atomic E-state index is -0.369. The van der Waals surface area contributed by atoms with Gasteiger partial charge in [-0.15, -0.1) is 0 Å². The van der Waals surface area contributed by atoms with E-state index >= 15 is 4.39 Å². The van der Waals surface area contributed by atoms with Crippen molar-refractivity contribution in [1.82, 2.24) is 4.98 Å². The first-order chi connectivity index (χ1) is 12.1. The van der Waals surface area contributed by atoms with Crippen LogP contribution < -0.4 is 10.5 Å². The number of halogens is 1. The molecule has 0 bridgehead atoms. The van der Waals surface area contributed by atoms with Crippen molar-refractivity contribution in [2.45, 2.75) is 6.42 Å². The van der Waals surface area contributed by atoms with Crippen LogP contribution in [-0.2, 0) is 6.42 Å². The molecule has 25 heavy (non-hydrogen) atoms. The third kappa shape index (κ3) is 3.43. The summed E-state index contributed by atoms with van der Waals surface area (Å²) in [5, 5.41) is 9.08. The number of nitrogen functional groups attached to an aromatic ring is 1. The first kappa shape index (κ1) is 16.5. The molecule has 0 aliphatic heterocycles. The second kappa shape index (κ2) is 7.02. The summed E-state index contributed by atoms with van der Waals surface area (Å²) < 4.78 is 20.5. The number of rotatable bonds is 4. The van der Waals surface area contributed by atoms with Crippen LogP contribution in [0.1, 0.15) is 16.7 Å². The molecular formula is C20H16FN3O. The van der Waals surface area contributed by atoms with E-state index in [1.54, 1.807) is 48.7 Å². The fourth-order valence-corrected chi connectivity index (χ4v) is 2.68. The Morgan fingerprint density at radius 3 is 2.72 bits per heavy atom. The van der Waals surface area contributed by atoms with Crippen molar-refractivity contribution in [2.75, 3.05) is 12.8 Å². The molecule has 0 unspecified atom stereocenters. The number of ether oxygens (including phenoxy) is 1. The Kier molecular flexibility index (Phi) is 4.62. The molecule has 0 fully saturated rings. The van der Waals surface area contributed by atoms with E-state index < -0.39 is 0 Å². The van der Waals surface area contributed by atoms with Crippen LogP contribution in [0, 0.1) is 17.1 Å². The average Bonchev–Trinajstić information content (AvgIpc) is 2.65. The molecule has 4 nitrogen and oxygen atoms in total. The van der Waals surface area contributed by atoms with Gasteiger partial charge in [0.2, 0.25) is 0 Å². The number of benzene rings is 2. The molecule has 0 aliphatic carbocycles. The summed E-state index contributed by atoms with van der Waals surface area (Å²) in [6.45, 7) is 0. The first-order valence-corrected chi connectivity index (χ1v) is 7.68. The van der Waals surface area contributed by atoms with Gasteiger partial charge in [0, 0.05) is 12.6 Å². The van der Waals surface area contributed by atoms with Crippen LogP contribution in [0.25, 0.3) is 11.1 Å². The zero-order valence-corrected chi connectivity index (χ0v) is 13.7. The van der Waals surface area contributed by atoms with Gasteiger partial charge >= 0.3 is 0 Å². The highest BCUT2D eigenvalue weighted by atomic mass is 19.1. The molecule has 0 saturated carbocycles. The van der Waals surface area contributed by atoms with E-state index in [-0.39, 0.29) is 5.82 Å². The number of hydrogen-bond acceptors (Lipinski definition) is 4. The molecular weight excluding hydrogens is 317 g/mol. The molecule has 0 spiro atoms. The van der Waals surface area contributed by atoms with Crippen LogP contribution in [0.2, 0.25) is 0 Å². The molecule has 0 aliphatic rings. The number of nitrogens with zero attached hydrogens (tertiary/aromatic N) is 2. The fraction of sp³-hybridized carbons (Fsp3) is 0.100. The Bertz CT molecular complexity index is 946. The Morgan fingerprint density at radius 2 is 2.04 bits per heavy atom. The van der Waals surface area contributed by atoms with Gasteiger partial charge in [-0.05, 0) is 41.0 Å². The molecule has 1 aromatic heterocycles. The number of anilines is 1. The molecule has 1 heterocycles. The third-order valence-corrected chi connectivity index (χ3v) is 3.93. The molecule has 3 aromatic rings. The van der Waals surface area contributed by atoms with Crippen LogP contribution in [0.15, 0.2) is 54.7 Å². The molecule has 0 saturated heterocycles. The molecule has 0 radical (unpaired) electrons. The Balaban J connectivity index is 2.08. The van der Waals surface area contributed by atoms with Gasteiger partial charge in [0.1, 0.15) is 17.4 Å². The lowest BCUT2D eigenvalue weighted by atomic mass is 9.96. The normalized spacial score (nSPS) is 10.3. The Hall–Kier alpha value is -3.39. The summed E-state index contributed by atoms with van der Waals surface area (Å²) in [5.41, 5.74) is 8.38. The van der Waals surface area contributed by atoms with Gasteiger partial charge in [0.25, 0.3) is 0 Å². The highest BCUT2D eigenvalue weighted by Gasteiger charge is 2.17. The number of aromatic nitrogens is 1. The fourth-order valence-electron chi connectivity index (χ4n) is 2.68. The van der Waals surface area contributed by atoms with Gasteiger partial charge in [-0.1, -0.05) is 24.3 Å². The SMILES string of the molecule is COc1ccc(Cc2ccc(N)nc2)c(F)c1-c1cccc(C#N)c1. The topological polar surface area (TPSA) is 71.9 Å². The smallest absolute Gasteiger partial charge is 0.138 e. The van der Waals surface area contributed by atoms with Gasteiger partial charge in [-0.25, -0.2) is 9.37 Å². The second-order valence-electron chi connectivity index (χ2n) is 5.58. The predicted octanol–water partition coefficient (Wildman–Crippen LogP) is 3.94. The van der Waals surface area contributed by atoms with Gasteiger partial charge in [-0.3, -0.25) is 0 Å². The van der Waals surface area contributed by atoms with E-state index in [0.29, 0.717) is 40.2 Å². The first-order valence-electron chi connectivity index (χ1n) is 7.68. The van der Waals surface area contributed by atoms with Crippen LogP contribution in [-0.4, -0.2) is 12.1 Å². The number of nitrogens with two attached hydrogens (primary N) is 1. The Labute approximate surface area is 145 Å². The van der Waals surface area contributed by atoms with Crippen molar-refractivity contribution >= 4 is 5.82 Å². The second-order valence-corrected chi connectivity index (χ2v) is 5.58. The molecule has 0 atom stereocenters. The minimum Gasteiger partial charge on any atom is -0.496 e. The average molecular weight is 333 g/mol. The van der Waals surface area contributed by atoms with Crippen LogP contribution in [0.4, 0.5) is 10.2 Å². The zero-order chi connectivity index (χ0) is 17.8. The summed E-state index contributed by atoms with van der Waals surface area (Å²) >= 11 is 0. The van der Waals surface area contributed by atoms with Crippen LogP contribution >= 0.6 is 0 Å². The van der Waals surface area contributed by atoms with Crippen molar-refractivity contribution in [3.05, 3.63) is 77.2 Å². The van der Waals surface area contributed by atoms with Crippen LogP contribution in [0.5, 0.6) is 5.75 Å². The summed E-state index contributed by atoms with van der Waals surface area (Å²) in [5.74, 6) is 0.478. The van der Waals surface area contributed by atoms with E-state index in [2.05, 4.69) is 11.1 Å². The quantitative estimate of drug-likeness (QED) is 0.785. The van der Waals surface area contributed by atoms with Crippen molar-refractivity contribution in [3.63, 3.8) is 0 Å². The molecule has 5 heteroatoms. The Morgan fingerprint density at radius 1 is 1.20 bits per heavy atom. The van der Waals surface area contributed by atoms with Crippen molar-refractivity contribution < 1.29 is 9.13 Å². The summed E-state index contributed by atoms with van der Waals surface area (Å²) in [4.78, 5) is 4.04. The summed E-state index contributed by atoms with van der Waals surface area (Å²) in [6.07, 6.45) is 2.02. The summed E-state index contributed by atoms with van der Waals surface area (Å²) in [7, 11) is 1.50. The predicted molar refractivity (Wildman–Crippen MR) is 94.6 cm³/mol. The standard InChI is InChI=1S/C20H16FN3O/c1-25-17-7-6-16(10-14-5-8-18(23)24-12-14)20(21)19(17)15-4-2-3-13(9-15)11-22/h2-9,12H,10H2,1H3,(H2,23,24). The molecule has 124 valence electrons. The monoisotopic (exact) mass is 333 g/mol. The number of methoxy groups -OCH3 is 1. The van der Waals surface area contributed by atoms with E-state index in [9.17, 15) is 0 Å². The van der Waals surface area contributed by atoms with Gasteiger partial charge in [0.15, 0.2) is 0 Å². The van der Waals surface area contributed by atoms with E-state index in [4.69, 9.17) is 15.7 Å². The maximum atomic E-state index is 15.2. The van der Waals surface area contributed by atoms with Crippen molar-refractivity contribution in [2.24, 2.45) is 0 Å². The van der Waals surface area contributed by atoms with Gasteiger partial charge in [0.05, 0.1) is 24.3 Å². The van der Waals surface area contributed by atoms with Crippen molar-refractivity contribution in [3.8, 4) is 22.9 Å². The lowest BCUT2D eigenvalue weighted by molar-refractivity contribution is 0.413. The maximum absolute atomic E-state index is 15.2. The molecule has 3 rings (SSSR count). The third-order valence-electron chi connectivity index (χ3n) is 3.93. The molecule has 2 N–H and O–H groups in total. The number of hydrogen-bond donors (Lipinski definition) is 1. The zero-order valence-electron chi connectivity index (χ0n) is 13.7.